The molecule has 1 aromatic carbocycles. The molecule has 1 rings (SSSR count). The minimum absolute atomic E-state index is 0. The Bertz CT molecular complexity index is 704. The number of hydrogen-bond acceptors (Lipinski definition) is 5. The Morgan fingerprint density at radius 1 is 1.03 bits per heavy atom. The molecule has 0 heterocycles. The summed E-state index contributed by atoms with van der Waals surface area (Å²) in [7, 11) is -4.84. The smallest absolute Gasteiger partial charge is 0.494 e. The molecule has 0 aliphatic rings. The van der Waals surface area contributed by atoms with Crippen molar-refractivity contribution in [2.75, 3.05) is 6.61 Å². The van der Waals surface area contributed by atoms with E-state index in [0.717, 1.165) is 18.8 Å². The molecule has 0 aromatic heterocycles. The molecule has 1 unspecified atom stereocenters. The molecule has 1 aromatic rings. The van der Waals surface area contributed by atoms with Crippen molar-refractivity contribution in [2.24, 2.45) is 0 Å². The first kappa shape index (κ1) is 31.1. The molecular weight excluding hydrogens is 423 g/mol. The first-order chi connectivity index (χ1) is 13.6. The zero-order valence-electron chi connectivity index (χ0n) is 17.7. The Morgan fingerprint density at radius 2 is 1.57 bits per heavy atom. The zero-order valence-corrected chi connectivity index (χ0v) is 20.6. The third-order valence-corrected chi connectivity index (χ3v) is 5.03. The van der Waals surface area contributed by atoms with Gasteiger partial charge in [0.05, 0.1) is 13.0 Å². The molecule has 0 spiro atoms. The Hall–Kier alpha value is -1.13. The molecule has 0 aliphatic carbocycles. The molecular formula is C20H31NaO8S. The van der Waals surface area contributed by atoms with Gasteiger partial charge in [0.1, 0.15) is 5.75 Å². The first-order valence-electron chi connectivity index (χ1n) is 9.53. The van der Waals surface area contributed by atoms with Crippen LogP contribution in [0.4, 0.5) is 0 Å². The number of hydrogen-bond donors (Lipinski definition) is 3. The van der Waals surface area contributed by atoms with Gasteiger partial charge in [0.15, 0.2) is 5.25 Å². The SMILES string of the molecule is O=C(O)CC(C(=O)O)S(=O)(=O)O.[CH2-]CCCCCCCc1ccc(OCC)cc1.[Na+]. The summed E-state index contributed by atoms with van der Waals surface area (Å²) < 4.78 is 34.1. The average Bonchev–Trinajstić information content (AvgIpc) is 2.63. The fourth-order valence-electron chi connectivity index (χ4n) is 2.43. The molecule has 0 bridgehead atoms. The van der Waals surface area contributed by atoms with Gasteiger partial charge in [0.2, 0.25) is 0 Å². The van der Waals surface area contributed by atoms with Crippen LogP contribution in [0.15, 0.2) is 24.3 Å². The third kappa shape index (κ3) is 15.7. The van der Waals surface area contributed by atoms with Crippen LogP contribution in [0.1, 0.15) is 57.4 Å². The maximum Gasteiger partial charge on any atom is 1.00 e. The van der Waals surface area contributed by atoms with Gasteiger partial charge in [0, 0.05) is 0 Å². The van der Waals surface area contributed by atoms with Gasteiger partial charge in [-0.15, -0.1) is 0 Å². The van der Waals surface area contributed by atoms with Crippen LogP contribution in [0.2, 0.25) is 0 Å². The quantitative estimate of drug-likeness (QED) is 0.171. The third-order valence-electron chi connectivity index (χ3n) is 3.94. The molecule has 0 saturated heterocycles. The molecule has 0 aliphatic heterocycles. The summed E-state index contributed by atoms with van der Waals surface area (Å²) in [6.07, 6.45) is 7.73. The molecule has 0 radical (unpaired) electrons. The molecule has 3 N–H and O–H groups in total. The van der Waals surface area contributed by atoms with E-state index >= 15 is 0 Å². The predicted molar refractivity (Wildman–Crippen MR) is 110 cm³/mol. The fraction of sp³-hybridized carbons (Fsp3) is 0.550. The number of benzene rings is 1. The molecule has 1 atom stereocenters. The number of carbonyl (C=O) groups is 2. The summed E-state index contributed by atoms with van der Waals surface area (Å²) in [4.78, 5) is 20.0. The maximum atomic E-state index is 10.2. The average molecular weight is 455 g/mol. The molecule has 0 fully saturated rings. The van der Waals surface area contributed by atoms with Gasteiger partial charge >= 0.3 is 41.5 Å². The van der Waals surface area contributed by atoms with Crippen LogP contribution in [0.5, 0.6) is 5.75 Å². The number of aliphatic carboxylic acids is 2. The van der Waals surface area contributed by atoms with Gasteiger partial charge in [-0.05, 0) is 37.5 Å². The molecule has 0 amide bonds. The van der Waals surface area contributed by atoms with Crippen LogP contribution in [0, 0.1) is 6.92 Å². The van der Waals surface area contributed by atoms with E-state index in [-0.39, 0.29) is 29.6 Å². The van der Waals surface area contributed by atoms with Gasteiger partial charge in [-0.1, -0.05) is 37.8 Å². The van der Waals surface area contributed by atoms with Gasteiger partial charge in [0.25, 0.3) is 10.1 Å². The molecule has 0 saturated carbocycles. The van der Waals surface area contributed by atoms with E-state index in [2.05, 4.69) is 31.2 Å². The van der Waals surface area contributed by atoms with E-state index in [1.807, 2.05) is 6.92 Å². The standard InChI is InChI=1S/C16H25O.C4H6O7S.Na/c1-3-5-6-7-8-9-10-15-11-13-16(14-12-15)17-4-2;5-3(6)1-2(4(7)8)12(9,10)11;/h11-14H,1,3-10H2,2H3;2H,1H2,(H,5,6)(H,7,8)(H,9,10,11);/q-1;;+1. The first-order valence-corrected chi connectivity index (χ1v) is 11.0. The van der Waals surface area contributed by atoms with E-state index in [1.165, 1.54) is 44.1 Å². The number of ether oxygens (including phenoxy) is 1. The van der Waals surface area contributed by atoms with Crippen molar-refractivity contribution in [3.63, 3.8) is 0 Å². The summed E-state index contributed by atoms with van der Waals surface area (Å²) in [5.41, 5.74) is 1.42. The zero-order chi connectivity index (χ0) is 22.3. The van der Waals surface area contributed by atoms with E-state index in [1.54, 1.807) is 0 Å². The predicted octanol–water partition coefficient (Wildman–Crippen LogP) is 0.609. The van der Waals surface area contributed by atoms with E-state index in [0.29, 0.717) is 0 Å². The number of rotatable bonds is 13. The van der Waals surface area contributed by atoms with Crippen molar-refractivity contribution < 1.29 is 67.1 Å². The Balaban J connectivity index is 0. The largest absolute Gasteiger partial charge is 1.00 e. The number of carboxylic acids is 2. The van der Waals surface area contributed by atoms with Gasteiger partial charge in [-0.2, -0.15) is 14.8 Å². The monoisotopic (exact) mass is 454 g/mol. The Labute approximate surface area is 201 Å². The van der Waals surface area contributed by atoms with Crippen molar-refractivity contribution in [3.8, 4) is 5.75 Å². The normalized spacial score (nSPS) is 11.4. The van der Waals surface area contributed by atoms with Crippen LogP contribution in [-0.2, 0) is 26.1 Å². The summed E-state index contributed by atoms with van der Waals surface area (Å²) in [5, 5.41) is 13.9. The maximum absolute atomic E-state index is 10.2. The molecule has 166 valence electrons. The van der Waals surface area contributed by atoms with Crippen LogP contribution in [0.25, 0.3) is 0 Å². The summed E-state index contributed by atoms with van der Waals surface area (Å²) in [6.45, 7) is 6.62. The minimum Gasteiger partial charge on any atom is -0.494 e. The van der Waals surface area contributed by atoms with E-state index < -0.39 is 33.7 Å². The van der Waals surface area contributed by atoms with Crippen molar-refractivity contribution in [1.82, 2.24) is 0 Å². The fourth-order valence-corrected chi connectivity index (χ4v) is 3.04. The molecule has 10 heteroatoms. The number of unbranched alkanes of at least 4 members (excludes halogenated alkanes) is 5. The van der Waals surface area contributed by atoms with Crippen LogP contribution >= 0.6 is 0 Å². The van der Waals surface area contributed by atoms with Crippen LogP contribution in [-0.4, -0.2) is 47.0 Å². The Morgan fingerprint density at radius 3 is 1.97 bits per heavy atom. The summed E-state index contributed by atoms with van der Waals surface area (Å²) in [6, 6.07) is 8.51. The van der Waals surface area contributed by atoms with Crippen LogP contribution < -0.4 is 34.3 Å². The van der Waals surface area contributed by atoms with E-state index in [4.69, 9.17) is 19.5 Å². The van der Waals surface area contributed by atoms with Crippen molar-refractivity contribution in [2.45, 2.75) is 63.5 Å². The number of aryl methyl sites for hydroxylation is 1. The van der Waals surface area contributed by atoms with Gasteiger partial charge in [-0.3, -0.25) is 14.1 Å². The van der Waals surface area contributed by atoms with E-state index in [9.17, 15) is 18.0 Å². The summed E-state index contributed by atoms with van der Waals surface area (Å²) in [5.74, 6) is -2.52. The molecule has 30 heavy (non-hydrogen) atoms. The Kier molecular flexibility index (Phi) is 18.2. The van der Waals surface area contributed by atoms with Gasteiger partial charge < -0.3 is 21.9 Å². The topological polar surface area (TPSA) is 138 Å². The van der Waals surface area contributed by atoms with Gasteiger partial charge in [-0.25, -0.2) is 0 Å². The van der Waals surface area contributed by atoms with Crippen molar-refractivity contribution >= 4 is 22.1 Å². The second kappa shape index (κ2) is 17.5. The van der Waals surface area contributed by atoms with Crippen molar-refractivity contribution in [3.05, 3.63) is 36.8 Å². The minimum atomic E-state index is -4.84. The van der Waals surface area contributed by atoms with Crippen LogP contribution in [0.3, 0.4) is 0 Å². The second-order valence-electron chi connectivity index (χ2n) is 6.39. The van der Waals surface area contributed by atoms with Crippen molar-refractivity contribution in [1.29, 1.82) is 0 Å². The molecule has 8 nitrogen and oxygen atoms in total. The second-order valence-corrected chi connectivity index (χ2v) is 7.99. The summed E-state index contributed by atoms with van der Waals surface area (Å²) >= 11 is 0. The number of carboxylic acid groups (broad SMARTS) is 2.